The third-order valence-electron chi connectivity index (χ3n) is 2.53. The molecule has 3 heteroatoms. The third-order valence-corrected chi connectivity index (χ3v) is 2.77. The lowest BCUT2D eigenvalue weighted by Crippen LogP contribution is -1.89. The topological polar surface area (TPSA) is 28.7 Å². The zero-order chi connectivity index (χ0) is 12.3. The van der Waals surface area contributed by atoms with Crippen molar-refractivity contribution in [2.45, 2.75) is 0 Å². The molecule has 1 aromatic carbocycles. The molecule has 2 nitrogen and oxygen atoms in total. The van der Waals surface area contributed by atoms with Crippen molar-refractivity contribution in [2.24, 2.45) is 7.05 Å². The predicted octanol–water partition coefficient (Wildman–Crippen LogP) is 3.74. The maximum absolute atomic E-state index is 9.19. The first kappa shape index (κ1) is 11.5. The summed E-state index contributed by atoms with van der Waals surface area (Å²) in [6.45, 7) is 0. The van der Waals surface area contributed by atoms with Gasteiger partial charge in [0.25, 0.3) is 0 Å². The van der Waals surface area contributed by atoms with Gasteiger partial charge in [-0.05, 0) is 35.9 Å². The van der Waals surface area contributed by atoms with E-state index in [2.05, 4.69) is 6.07 Å². The van der Waals surface area contributed by atoms with Crippen molar-refractivity contribution >= 4 is 23.3 Å². The molecule has 1 aromatic heterocycles. The van der Waals surface area contributed by atoms with Gasteiger partial charge in [-0.3, -0.25) is 0 Å². The molecule has 17 heavy (non-hydrogen) atoms. The molecule has 0 saturated carbocycles. The highest BCUT2D eigenvalue weighted by Gasteiger charge is 2.02. The highest BCUT2D eigenvalue weighted by molar-refractivity contribution is 6.30. The maximum Gasteiger partial charge on any atom is 0.0998 e. The molecule has 0 radical (unpaired) electrons. The summed E-state index contributed by atoms with van der Waals surface area (Å²) in [6.07, 6.45) is 3.80. The standard InChI is InChI=1S/C14H11ClN2/c1-17-7-3-6-14(17)9-12(10-16)11-4-2-5-13(15)8-11/h2-9H,1H3. The summed E-state index contributed by atoms with van der Waals surface area (Å²) >= 11 is 5.92. The number of hydrogen-bond donors (Lipinski definition) is 0. The van der Waals surface area contributed by atoms with Crippen molar-refractivity contribution in [3.63, 3.8) is 0 Å². The first-order chi connectivity index (χ1) is 8.20. The van der Waals surface area contributed by atoms with E-state index in [1.54, 1.807) is 12.1 Å². The van der Waals surface area contributed by atoms with Gasteiger partial charge in [0.05, 0.1) is 11.6 Å². The molecule has 0 unspecified atom stereocenters. The van der Waals surface area contributed by atoms with Crippen molar-refractivity contribution < 1.29 is 0 Å². The van der Waals surface area contributed by atoms with E-state index in [0.717, 1.165) is 11.3 Å². The van der Waals surface area contributed by atoms with Crippen LogP contribution >= 0.6 is 11.6 Å². The zero-order valence-corrected chi connectivity index (χ0v) is 10.1. The molecular formula is C14H11ClN2. The molecule has 0 bridgehead atoms. The largest absolute Gasteiger partial charge is 0.351 e. The van der Waals surface area contributed by atoms with Crippen molar-refractivity contribution in [1.82, 2.24) is 4.57 Å². The molecule has 0 N–H and O–H groups in total. The molecule has 0 aliphatic rings. The molecule has 0 saturated heterocycles. The Labute approximate surface area is 105 Å². The summed E-state index contributed by atoms with van der Waals surface area (Å²) in [6, 6.07) is 13.4. The fourth-order valence-electron chi connectivity index (χ4n) is 1.61. The average Bonchev–Trinajstić information content (AvgIpc) is 2.71. The van der Waals surface area contributed by atoms with Gasteiger partial charge in [-0.25, -0.2) is 0 Å². The van der Waals surface area contributed by atoms with Crippen LogP contribution < -0.4 is 0 Å². The molecular weight excluding hydrogens is 232 g/mol. The van der Waals surface area contributed by atoms with Gasteiger partial charge in [0.2, 0.25) is 0 Å². The highest BCUT2D eigenvalue weighted by Crippen LogP contribution is 2.20. The van der Waals surface area contributed by atoms with Crippen LogP contribution in [0.4, 0.5) is 0 Å². The van der Waals surface area contributed by atoms with Crippen LogP contribution in [-0.4, -0.2) is 4.57 Å². The second kappa shape index (κ2) is 4.90. The Morgan fingerprint density at radius 3 is 2.76 bits per heavy atom. The number of rotatable bonds is 2. The number of nitriles is 1. The Hall–Kier alpha value is -1.98. The molecule has 0 amide bonds. The van der Waals surface area contributed by atoms with E-state index < -0.39 is 0 Å². The Kier molecular flexibility index (Phi) is 3.32. The summed E-state index contributed by atoms with van der Waals surface area (Å²) < 4.78 is 1.96. The maximum atomic E-state index is 9.19. The Bertz CT molecular complexity index is 603. The lowest BCUT2D eigenvalue weighted by molar-refractivity contribution is 0.915. The van der Waals surface area contributed by atoms with Gasteiger partial charge in [-0.2, -0.15) is 5.26 Å². The van der Waals surface area contributed by atoms with Gasteiger partial charge < -0.3 is 4.57 Å². The molecule has 0 aliphatic carbocycles. The van der Waals surface area contributed by atoms with Crippen molar-refractivity contribution in [3.8, 4) is 6.07 Å². The van der Waals surface area contributed by atoms with Gasteiger partial charge in [0, 0.05) is 24.0 Å². The minimum absolute atomic E-state index is 0.606. The summed E-state index contributed by atoms with van der Waals surface area (Å²) in [7, 11) is 1.94. The number of nitrogens with zero attached hydrogens (tertiary/aromatic N) is 2. The SMILES string of the molecule is Cn1cccc1C=C(C#N)c1cccc(Cl)c1. The van der Waals surface area contributed by atoms with Crippen LogP contribution in [0.2, 0.25) is 5.02 Å². The van der Waals surface area contributed by atoms with E-state index in [1.807, 2.05) is 48.2 Å². The lowest BCUT2D eigenvalue weighted by atomic mass is 10.1. The first-order valence-corrected chi connectivity index (χ1v) is 5.57. The van der Waals surface area contributed by atoms with E-state index in [-0.39, 0.29) is 0 Å². The number of hydrogen-bond acceptors (Lipinski definition) is 1. The Balaban J connectivity index is 2.45. The van der Waals surface area contributed by atoms with Gasteiger partial charge in [-0.1, -0.05) is 23.7 Å². The fourth-order valence-corrected chi connectivity index (χ4v) is 1.80. The summed E-state index contributed by atoms with van der Waals surface area (Å²) in [4.78, 5) is 0. The second-order valence-electron chi connectivity index (χ2n) is 3.72. The molecule has 2 aromatic rings. The molecule has 0 spiro atoms. The third kappa shape index (κ3) is 2.58. The van der Waals surface area contributed by atoms with Gasteiger partial charge in [-0.15, -0.1) is 0 Å². The average molecular weight is 243 g/mol. The summed E-state index contributed by atoms with van der Waals surface area (Å²) in [5, 5.41) is 9.82. The molecule has 1 heterocycles. The Morgan fingerprint density at radius 1 is 1.35 bits per heavy atom. The molecule has 0 aliphatic heterocycles. The fraction of sp³-hybridized carbons (Fsp3) is 0.0714. The van der Waals surface area contributed by atoms with E-state index >= 15 is 0 Å². The quantitative estimate of drug-likeness (QED) is 0.738. The van der Waals surface area contributed by atoms with Crippen molar-refractivity contribution in [3.05, 3.63) is 58.9 Å². The van der Waals surface area contributed by atoms with Crippen LogP contribution in [0.25, 0.3) is 11.6 Å². The van der Waals surface area contributed by atoms with Crippen LogP contribution in [0.15, 0.2) is 42.6 Å². The summed E-state index contributed by atoms with van der Waals surface area (Å²) in [5.41, 5.74) is 2.43. The van der Waals surface area contributed by atoms with Crippen LogP contribution in [0.3, 0.4) is 0 Å². The smallest absolute Gasteiger partial charge is 0.0998 e. The number of allylic oxidation sites excluding steroid dienone is 1. The molecule has 0 atom stereocenters. The number of halogens is 1. The normalized spacial score (nSPS) is 11.2. The van der Waals surface area contributed by atoms with Gasteiger partial charge in [0.1, 0.15) is 0 Å². The first-order valence-electron chi connectivity index (χ1n) is 5.20. The molecule has 84 valence electrons. The number of aromatic nitrogens is 1. The van der Waals surface area contributed by atoms with E-state index in [0.29, 0.717) is 10.6 Å². The van der Waals surface area contributed by atoms with Crippen LogP contribution in [0, 0.1) is 11.3 Å². The van der Waals surface area contributed by atoms with Crippen molar-refractivity contribution in [2.75, 3.05) is 0 Å². The Morgan fingerprint density at radius 2 is 2.18 bits per heavy atom. The minimum Gasteiger partial charge on any atom is -0.351 e. The second-order valence-corrected chi connectivity index (χ2v) is 4.16. The van der Waals surface area contributed by atoms with E-state index in [4.69, 9.17) is 11.6 Å². The monoisotopic (exact) mass is 242 g/mol. The van der Waals surface area contributed by atoms with Crippen LogP contribution in [-0.2, 0) is 7.05 Å². The zero-order valence-electron chi connectivity index (χ0n) is 9.39. The van der Waals surface area contributed by atoms with E-state index in [9.17, 15) is 5.26 Å². The van der Waals surface area contributed by atoms with Crippen LogP contribution in [0.5, 0.6) is 0 Å². The highest BCUT2D eigenvalue weighted by atomic mass is 35.5. The number of benzene rings is 1. The van der Waals surface area contributed by atoms with Gasteiger partial charge in [0.15, 0.2) is 0 Å². The number of aryl methyl sites for hydroxylation is 1. The molecule has 0 fully saturated rings. The van der Waals surface area contributed by atoms with E-state index in [1.165, 1.54) is 0 Å². The molecule has 2 rings (SSSR count). The minimum atomic E-state index is 0.606. The predicted molar refractivity (Wildman–Crippen MR) is 70.3 cm³/mol. The summed E-state index contributed by atoms with van der Waals surface area (Å²) in [5.74, 6) is 0. The van der Waals surface area contributed by atoms with Crippen molar-refractivity contribution in [1.29, 1.82) is 5.26 Å². The lowest BCUT2D eigenvalue weighted by Gasteiger charge is -2.01. The van der Waals surface area contributed by atoms with Crippen LogP contribution in [0.1, 0.15) is 11.3 Å². The van der Waals surface area contributed by atoms with Gasteiger partial charge >= 0.3 is 0 Å².